The van der Waals surface area contributed by atoms with Crippen molar-refractivity contribution < 1.29 is 29.4 Å². The van der Waals surface area contributed by atoms with E-state index >= 15 is 0 Å². The molecule has 0 aromatic heterocycles. The fourth-order valence-corrected chi connectivity index (χ4v) is 2.28. The van der Waals surface area contributed by atoms with Gasteiger partial charge in [0.2, 0.25) is 11.8 Å². The first-order valence-electron chi connectivity index (χ1n) is 8.08. The molecule has 0 bridgehead atoms. The molecular weight excluding hydrogens is 356 g/mol. The van der Waals surface area contributed by atoms with E-state index in [4.69, 9.17) is 21.4 Å². The number of carboxylic acids is 2. The summed E-state index contributed by atoms with van der Waals surface area (Å²) in [6, 6.07) is 5.38. The molecule has 7 N–H and O–H groups in total. The van der Waals surface area contributed by atoms with Crippen LogP contribution in [0, 0.1) is 11.3 Å². The molecule has 0 radical (unpaired) electrons. The van der Waals surface area contributed by atoms with E-state index in [1.165, 1.54) is 6.92 Å². The molecule has 2 atom stereocenters. The van der Waals surface area contributed by atoms with E-state index in [1.54, 1.807) is 24.3 Å². The van der Waals surface area contributed by atoms with Crippen LogP contribution in [0.15, 0.2) is 24.3 Å². The van der Waals surface area contributed by atoms with E-state index in [9.17, 15) is 19.2 Å². The number of carboxylic acid groups (broad SMARTS) is 2. The minimum absolute atomic E-state index is 0.0961. The van der Waals surface area contributed by atoms with Gasteiger partial charge in [-0.1, -0.05) is 0 Å². The van der Waals surface area contributed by atoms with E-state index in [0.29, 0.717) is 11.3 Å². The molecule has 2 amide bonds. The summed E-state index contributed by atoms with van der Waals surface area (Å²) >= 11 is 0. The first kappa shape index (κ1) is 21.6. The zero-order valence-electron chi connectivity index (χ0n) is 14.7. The molecule has 2 unspecified atom stereocenters. The Balaban J connectivity index is 2.48. The molecule has 27 heavy (non-hydrogen) atoms. The molecule has 1 rings (SSSR count). The molecule has 0 heterocycles. The van der Waals surface area contributed by atoms with Crippen LogP contribution in [0.1, 0.15) is 31.7 Å². The molecule has 10 nitrogen and oxygen atoms in total. The average molecular weight is 378 g/mol. The Morgan fingerprint density at radius 1 is 1.07 bits per heavy atom. The molecule has 0 fully saturated rings. The van der Waals surface area contributed by atoms with Crippen LogP contribution in [0.5, 0.6) is 0 Å². The predicted octanol–water partition coefficient (Wildman–Crippen LogP) is 0.370. The van der Waals surface area contributed by atoms with Crippen molar-refractivity contribution in [2.75, 3.05) is 5.32 Å². The lowest BCUT2D eigenvalue weighted by Crippen LogP contribution is -2.42. The number of amidine groups is 1. The van der Waals surface area contributed by atoms with Gasteiger partial charge in [-0.2, -0.15) is 0 Å². The van der Waals surface area contributed by atoms with Gasteiger partial charge in [-0.3, -0.25) is 24.6 Å². The van der Waals surface area contributed by atoms with Crippen molar-refractivity contribution in [3.8, 4) is 0 Å². The molecule has 0 spiro atoms. The maximum absolute atomic E-state index is 11.9. The number of nitrogen functional groups attached to an aromatic ring is 1. The first-order valence-corrected chi connectivity index (χ1v) is 8.08. The number of aliphatic carboxylic acids is 2. The fraction of sp³-hybridized carbons (Fsp3) is 0.353. The summed E-state index contributed by atoms with van der Waals surface area (Å²) in [5.41, 5.74) is 6.32. The fourth-order valence-electron chi connectivity index (χ4n) is 2.28. The second-order valence-corrected chi connectivity index (χ2v) is 5.94. The number of hydrogen-bond acceptors (Lipinski definition) is 5. The van der Waals surface area contributed by atoms with Gasteiger partial charge in [0.15, 0.2) is 0 Å². The van der Waals surface area contributed by atoms with Crippen LogP contribution >= 0.6 is 0 Å². The standard InChI is InChI=1S/C17H22N4O6/c1-9(12(17(26)27)8-15(24)25)20-13(22)6-7-14(23)21-11-4-2-10(3-5-11)16(18)19/h2-5,9,12H,6-8H2,1H3,(H3,18,19)(H,20,22)(H,21,23)(H,24,25)(H,26,27). The number of nitrogens with one attached hydrogen (secondary N) is 3. The Morgan fingerprint density at radius 3 is 2.11 bits per heavy atom. The quantitative estimate of drug-likeness (QED) is 0.251. The topological polar surface area (TPSA) is 183 Å². The number of benzene rings is 1. The number of hydrogen-bond donors (Lipinski definition) is 6. The molecule has 0 aliphatic heterocycles. The van der Waals surface area contributed by atoms with Crippen molar-refractivity contribution in [3.63, 3.8) is 0 Å². The average Bonchev–Trinajstić information content (AvgIpc) is 2.57. The summed E-state index contributed by atoms with van der Waals surface area (Å²) < 4.78 is 0. The third-order valence-corrected chi connectivity index (χ3v) is 3.76. The molecule has 0 saturated heterocycles. The number of carbonyl (C=O) groups excluding carboxylic acids is 2. The Kier molecular flexibility index (Phi) is 7.92. The van der Waals surface area contributed by atoms with Crippen LogP contribution in [0.3, 0.4) is 0 Å². The van der Waals surface area contributed by atoms with Gasteiger partial charge in [0.1, 0.15) is 5.84 Å². The highest BCUT2D eigenvalue weighted by Crippen LogP contribution is 2.11. The second kappa shape index (κ2) is 9.90. The van der Waals surface area contributed by atoms with E-state index < -0.39 is 42.1 Å². The van der Waals surface area contributed by atoms with Gasteiger partial charge in [-0.15, -0.1) is 0 Å². The Morgan fingerprint density at radius 2 is 1.63 bits per heavy atom. The third-order valence-electron chi connectivity index (χ3n) is 3.76. The first-order chi connectivity index (χ1) is 12.6. The molecule has 1 aromatic rings. The zero-order valence-corrected chi connectivity index (χ0v) is 14.7. The van der Waals surface area contributed by atoms with Gasteiger partial charge in [-0.05, 0) is 31.2 Å². The second-order valence-electron chi connectivity index (χ2n) is 5.94. The molecule has 1 aromatic carbocycles. The van der Waals surface area contributed by atoms with E-state index in [0.717, 1.165) is 0 Å². The summed E-state index contributed by atoms with van der Waals surface area (Å²) in [5, 5.41) is 30.0. The normalized spacial score (nSPS) is 12.5. The van der Waals surface area contributed by atoms with Crippen LogP contribution in [0.4, 0.5) is 5.69 Å². The maximum atomic E-state index is 11.9. The van der Waals surface area contributed by atoms with Gasteiger partial charge in [0.05, 0.1) is 12.3 Å². The van der Waals surface area contributed by atoms with Crippen molar-refractivity contribution >= 4 is 35.3 Å². The summed E-state index contributed by atoms with van der Waals surface area (Å²) in [5.74, 6) is -4.94. The van der Waals surface area contributed by atoms with Crippen LogP contribution in [-0.4, -0.2) is 45.8 Å². The van der Waals surface area contributed by atoms with E-state index in [2.05, 4.69) is 10.6 Å². The summed E-state index contributed by atoms with van der Waals surface area (Å²) in [6.07, 6.45) is -0.932. The number of anilines is 1. The predicted molar refractivity (Wildman–Crippen MR) is 96.3 cm³/mol. The highest BCUT2D eigenvalue weighted by molar-refractivity contribution is 5.96. The summed E-state index contributed by atoms with van der Waals surface area (Å²) in [4.78, 5) is 45.6. The largest absolute Gasteiger partial charge is 0.481 e. The molecular formula is C17H22N4O6. The third kappa shape index (κ3) is 7.55. The van der Waals surface area contributed by atoms with Crippen molar-refractivity contribution in [3.05, 3.63) is 29.8 Å². The maximum Gasteiger partial charge on any atom is 0.309 e. The minimum Gasteiger partial charge on any atom is -0.481 e. The van der Waals surface area contributed by atoms with E-state index in [-0.39, 0.29) is 18.7 Å². The molecule has 0 aliphatic carbocycles. The van der Waals surface area contributed by atoms with Crippen molar-refractivity contribution in [2.24, 2.45) is 11.7 Å². The number of carbonyl (C=O) groups is 4. The lowest BCUT2D eigenvalue weighted by Gasteiger charge is -2.20. The molecule has 0 saturated carbocycles. The summed E-state index contributed by atoms with van der Waals surface area (Å²) in [7, 11) is 0. The smallest absolute Gasteiger partial charge is 0.309 e. The molecule has 10 heteroatoms. The lowest BCUT2D eigenvalue weighted by atomic mass is 9.97. The number of rotatable bonds is 10. The monoisotopic (exact) mass is 378 g/mol. The van der Waals surface area contributed by atoms with Crippen molar-refractivity contribution in [2.45, 2.75) is 32.2 Å². The van der Waals surface area contributed by atoms with Gasteiger partial charge in [0.25, 0.3) is 0 Å². The van der Waals surface area contributed by atoms with Gasteiger partial charge in [0, 0.05) is 30.1 Å². The Labute approximate surface area is 155 Å². The number of nitrogens with two attached hydrogens (primary N) is 1. The Hall–Kier alpha value is -3.43. The van der Waals surface area contributed by atoms with E-state index in [1.807, 2.05) is 0 Å². The van der Waals surface area contributed by atoms with Gasteiger partial charge < -0.3 is 26.6 Å². The summed E-state index contributed by atoms with van der Waals surface area (Å²) in [6.45, 7) is 1.40. The molecule has 146 valence electrons. The van der Waals surface area contributed by atoms with Gasteiger partial charge >= 0.3 is 11.9 Å². The Bertz CT molecular complexity index is 731. The molecule has 0 aliphatic rings. The number of amides is 2. The van der Waals surface area contributed by atoms with Crippen molar-refractivity contribution in [1.29, 1.82) is 5.41 Å². The van der Waals surface area contributed by atoms with Crippen LogP contribution in [0.25, 0.3) is 0 Å². The van der Waals surface area contributed by atoms with Crippen LogP contribution in [0.2, 0.25) is 0 Å². The van der Waals surface area contributed by atoms with Crippen molar-refractivity contribution in [1.82, 2.24) is 5.32 Å². The highest BCUT2D eigenvalue weighted by atomic mass is 16.4. The van der Waals surface area contributed by atoms with Gasteiger partial charge in [-0.25, -0.2) is 0 Å². The van der Waals surface area contributed by atoms with Crippen LogP contribution < -0.4 is 16.4 Å². The zero-order chi connectivity index (χ0) is 20.6. The minimum atomic E-state index is -1.32. The highest BCUT2D eigenvalue weighted by Gasteiger charge is 2.28. The SMILES string of the molecule is CC(NC(=O)CCC(=O)Nc1ccc(C(=N)N)cc1)C(CC(=O)O)C(=O)O. The lowest BCUT2D eigenvalue weighted by molar-refractivity contribution is -0.149. The van der Waals surface area contributed by atoms with Crippen LogP contribution in [-0.2, 0) is 19.2 Å².